The van der Waals surface area contributed by atoms with Crippen LogP contribution in [0.2, 0.25) is 0 Å². The Morgan fingerprint density at radius 3 is 2.06 bits per heavy atom. The third-order valence-electron chi connectivity index (χ3n) is 7.19. The van der Waals surface area contributed by atoms with Crippen molar-refractivity contribution in [2.24, 2.45) is 5.84 Å². The molecule has 0 radical (unpaired) electrons. The van der Waals surface area contributed by atoms with Gasteiger partial charge in [0.15, 0.2) is 6.29 Å². The lowest BCUT2D eigenvalue weighted by atomic mass is 10.0. The molecule has 0 saturated carbocycles. The van der Waals surface area contributed by atoms with Gasteiger partial charge in [0.2, 0.25) is 5.91 Å². The number of rotatable bonds is 18. The van der Waals surface area contributed by atoms with E-state index in [1.165, 1.54) is 18.3 Å². The molecule has 0 saturated heterocycles. The van der Waals surface area contributed by atoms with Crippen LogP contribution in [0.15, 0.2) is 60.8 Å². The Labute approximate surface area is 269 Å². The van der Waals surface area contributed by atoms with Crippen molar-refractivity contribution in [3.05, 3.63) is 71.9 Å². The molecule has 0 aliphatic heterocycles. The number of fused-ring (bicyclic) bond motifs is 1. The van der Waals surface area contributed by atoms with Gasteiger partial charge in [0.1, 0.15) is 23.9 Å². The van der Waals surface area contributed by atoms with Crippen LogP contribution in [-0.4, -0.2) is 86.2 Å². The highest BCUT2D eigenvalue weighted by Crippen LogP contribution is 2.17. The second-order valence-corrected chi connectivity index (χ2v) is 10.7. The SMILES string of the molecule is NNc1ccc(C(=O)N[C@@H](Cc2ccc3ccccc3c2)C(=O)NCCCC[C@H](NC(=O)N[C@@H](CCC(O)O)C(=O)O)C(=O)O)cn1. The Morgan fingerprint density at radius 2 is 1.45 bits per heavy atom. The number of unbranched alkanes of at least 4 members (excludes halogenated alkanes) is 1. The highest BCUT2D eigenvalue weighted by molar-refractivity contribution is 5.97. The first-order valence-electron chi connectivity index (χ1n) is 14.8. The summed E-state index contributed by atoms with van der Waals surface area (Å²) in [6, 6.07) is 11.7. The average Bonchev–Trinajstić information content (AvgIpc) is 3.05. The number of anilines is 1. The molecule has 4 amide bonds. The van der Waals surface area contributed by atoms with Crippen LogP contribution in [0.4, 0.5) is 10.6 Å². The lowest BCUT2D eigenvalue weighted by Gasteiger charge is -2.20. The first-order valence-corrected chi connectivity index (χ1v) is 14.8. The van der Waals surface area contributed by atoms with Crippen LogP contribution in [0.3, 0.4) is 0 Å². The molecule has 0 spiro atoms. The van der Waals surface area contributed by atoms with Crippen LogP contribution in [0.25, 0.3) is 10.8 Å². The second kappa shape index (κ2) is 18.0. The zero-order chi connectivity index (χ0) is 34.3. The van der Waals surface area contributed by atoms with Crippen LogP contribution >= 0.6 is 0 Å². The number of aliphatic carboxylic acids is 2. The zero-order valence-corrected chi connectivity index (χ0v) is 25.4. The van der Waals surface area contributed by atoms with Crippen molar-refractivity contribution >= 4 is 46.4 Å². The lowest BCUT2D eigenvalue weighted by Crippen LogP contribution is -2.51. The molecule has 1 heterocycles. The van der Waals surface area contributed by atoms with Crippen LogP contribution < -0.4 is 32.5 Å². The van der Waals surface area contributed by atoms with E-state index in [0.29, 0.717) is 12.2 Å². The number of benzene rings is 2. The molecule has 3 aromatic rings. The Kier molecular flexibility index (Phi) is 13.8. The number of aliphatic hydroxyl groups excluding tert-OH is 1. The van der Waals surface area contributed by atoms with E-state index in [1.807, 2.05) is 42.5 Å². The highest BCUT2D eigenvalue weighted by Gasteiger charge is 2.25. The molecule has 16 nitrogen and oxygen atoms in total. The first kappa shape index (κ1) is 36.2. The van der Waals surface area contributed by atoms with E-state index in [2.05, 4.69) is 31.7 Å². The normalized spacial score (nSPS) is 12.9. The van der Waals surface area contributed by atoms with Crippen LogP contribution in [0, 0.1) is 0 Å². The monoisotopic (exact) mass is 653 g/mol. The minimum Gasteiger partial charge on any atom is -0.480 e. The molecule has 1 aromatic heterocycles. The molecular formula is C31H39N7O9. The number of hydrogen-bond donors (Lipinski definition) is 10. The predicted octanol–water partition coefficient (Wildman–Crippen LogP) is 0.445. The number of nitrogen functional groups attached to an aromatic ring is 1. The third kappa shape index (κ3) is 11.8. The molecule has 0 unspecified atom stereocenters. The number of hydrazine groups is 1. The third-order valence-corrected chi connectivity index (χ3v) is 7.19. The summed E-state index contributed by atoms with van der Waals surface area (Å²) in [4.78, 5) is 65.6. The molecule has 3 rings (SSSR count). The standard InChI is InChI=1S/C31H39N7O9/c32-38-25-12-10-21(17-34-25)27(41)35-24(16-18-8-9-19-5-1-2-6-20(19)15-18)28(42)33-14-4-3-7-22(29(43)44)36-31(47)37-23(30(45)46)11-13-26(39)40/h1-2,5-6,8-10,12,15,17,22-24,26,39-40H,3-4,7,11,13-14,16,32H2,(H,33,42)(H,34,38)(H,35,41)(H,43,44)(H,45,46)(H2,36,37,47)/t22-,23-,24-/m0/s1. The summed E-state index contributed by atoms with van der Waals surface area (Å²) in [5, 5.41) is 48.5. The van der Waals surface area contributed by atoms with Gasteiger partial charge < -0.3 is 47.1 Å². The number of hydrogen-bond acceptors (Lipinski definition) is 10. The summed E-state index contributed by atoms with van der Waals surface area (Å²) >= 11 is 0. The number of carboxylic acid groups (broad SMARTS) is 2. The fourth-order valence-electron chi connectivity index (χ4n) is 4.66. The first-order chi connectivity index (χ1) is 22.5. The maximum atomic E-state index is 13.3. The smallest absolute Gasteiger partial charge is 0.326 e. The minimum atomic E-state index is -1.76. The van der Waals surface area contributed by atoms with Gasteiger partial charge in [0.25, 0.3) is 5.91 Å². The number of nitrogens with zero attached hydrogens (tertiary/aromatic N) is 1. The minimum absolute atomic E-state index is 0.0242. The summed E-state index contributed by atoms with van der Waals surface area (Å²) in [5.74, 6) is 1.95. The Bertz CT molecular complexity index is 1540. The molecule has 47 heavy (non-hydrogen) atoms. The number of urea groups is 1. The van der Waals surface area contributed by atoms with E-state index in [9.17, 15) is 34.2 Å². The van der Waals surface area contributed by atoms with Gasteiger partial charge in [-0.2, -0.15) is 0 Å². The van der Waals surface area contributed by atoms with E-state index < -0.39 is 54.2 Å². The zero-order valence-electron chi connectivity index (χ0n) is 25.4. The van der Waals surface area contributed by atoms with Gasteiger partial charge in [-0.05, 0) is 54.2 Å². The Balaban J connectivity index is 1.57. The van der Waals surface area contributed by atoms with Crippen LogP contribution in [0.5, 0.6) is 0 Å². The van der Waals surface area contributed by atoms with Crippen LogP contribution in [-0.2, 0) is 20.8 Å². The maximum Gasteiger partial charge on any atom is 0.326 e. The van der Waals surface area contributed by atoms with Gasteiger partial charge in [-0.3, -0.25) is 9.59 Å². The lowest BCUT2D eigenvalue weighted by molar-refractivity contribution is -0.140. The van der Waals surface area contributed by atoms with Crippen LogP contribution in [0.1, 0.15) is 48.0 Å². The van der Waals surface area contributed by atoms with Crippen molar-refractivity contribution in [2.75, 3.05) is 12.0 Å². The van der Waals surface area contributed by atoms with Gasteiger partial charge in [-0.1, -0.05) is 42.5 Å². The number of aromatic nitrogens is 1. The molecule has 2 aromatic carbocycles. The molecule has 0 fully saturated rings. The number of pyridine rings is 1. The van der Waals surface area contributed by atoms with Crippen molar-refractivity contribution in [2.45, 2.75) is 62.9 Å². The number of nitrogens with two attached hydrogens (primary N) is 1. The van der Waals surface area contributed by atoms with E-state index >= 15 is 0 Å². The van der Waals surface area contributed by atoms with Crippen molar-refractivity contribution in [1.82, 2.24) is 26.3 Å². The van der Waals surface area contributed by atoms with E-state index in [0.717, 1.165) is 16.3 Å². The van der Waals surface area contributed by atoms with Gasteiger partial charge in [0, 0.05) is 25.6 Å². The van der Waals surface area contributed by atoms with Crippen molar-refractivity contribution in [1.29, 1.82) is 0 Å². The number of carbonyl (C=O) groups excluding carboxylic acids is 3. The second-order valence-electron chi connectivity index (χ2n) is 10.7. The number of aliphatic hydroxyl groups is 2. The Morgan fingerprint density at radius 1 is 0.766 bits per heavy atom. The van der Waals surface area contributed by atoms with Crippen molar-refractivity contribution < 1.29 is 44.4 Å². The van der Waals surface area contributed by atoms with E-state index in [4.69, 9.17) is 16.1 Å². The average molecular weight is 654 g/mol. The highest BCUT2D eigenvalue weighted by atomic mass is 16.5. The summed E-state index contributed by atoms with van der Waals surface area (Å²) in [5.41, 5.74) is 3.41. The number of carbonyl (C=O) groups is 5. The molecule has 11 N–H and O–H groups in total. The molecular weight excluding hydrogens is 614 g/mol. The fourth-order valence-corrected chi connectivity index (χ4v) is 4.66. The van der Waals surface area contributed by atoms with Crippen molar-refractivity contribution in [3.63, 3.8) is 0 Å². The number of carboxylic acids is 2. The summed E-state index contributed by atoms with van der Waals surface area (Å²) in [6.07, 6.45) is -0.266. The fraction of sp³-hybridized carbons (Fsp3) is 0.355. The molecule has 16 heteroatoms. The van der Waals surface area contributed by atoms with E-state index in [1.54, 1.807) is 0 Å². The quantitative estimate of drug-likeness (QED) is 0.0388. The summed E-state index contributed by atoms with van der Waals surface area (Å²) < 4.78 is 0. The largest absolute Gasteiger partial charge is 0.480 e. The molecule has 3 atom stereocenters. The molecule has 0 bridgehead atoms. The Hall–Kier alpha value is -5.32. The van der Waals surface area contributed by atoms with Gasteiger partial charge >= 0.3 is 18.0 Å². The summed E-state index contributed by atoms with van der Waals surface area (Å²) in [7, 11) is 0. The van der Waals surface area contributed by atoms with Gasteiger partial charge in [-0.25, -0.2) is 25.2 Å². The summed E-state index contributed by atoms with van der Waals surface area (Å²) in [6.45, 7) is 0.143. The number of amides is 4. The van der Waals surface area contributed by atoms with Gasteiger partial charge in [-0.15, -0.1) is 0 Å². The van der Waals surface area contributed by atoms with Crippen molar-refractivity contribution in [3.8, 4) is 0 Å². The van der Waals surface area contributed by atoms with Gasteiger partial charge in [0.05, 0.1) is 5.56 Å². The van der Waals surface area contributed by atoms with E-state index in [-0.39, 0.29) is 44.2 Å². The molecule has 0 aliphatic rings. The predicted molar refractivity (Wildman–Crippen MR) is 170 cm³/mol. The molecule has 252 valence electrons. The maximum absolute atomic E-state index is 13.3. The number of nitrogens with one attached hydrogen (secondary N) is 5. The topological polar surface area (TPSA) is 265 Å². The molecule has 0 aliphatic carbocycles.